The van der Waals surface area contributed by atoms with Crippen molar-refractivity contribution >= 4 is 11.7 Å². The number of nitrogens with two attached hydrogens (primary N) is 1. The fourth-order valence-corrected chi connectivity index (χ4v) is 1.71. The molecule has 0 fully saturated rings. The van der Waals surface area contributed by atoms with Gasteiger partial charge in [0.25, 0.3) is 5.91 Å². The summed E-state index contributed by atoms with van der Waals surface area (Å²) in [5, 5.41) is 2.92. The smallest absolute Gasteiger partial charge is 0.251 e. The molecule has 106 valence electrons. The predicted octanol–water partition coefficient (Wildman–Crippen LogP) is 1.76. The topological polar surface area (TPSA) is 77.2 Å². The monoisotopic (exact) mass is 265 g/mol. The van der Waals surface area contributed by atoms with Gasteiger partial charge in [0.1, 0.15) is 5.82 Å². The number of nitrogens with one attached hydrogen (secondary N) is 1. The number of aromatic nitrogens is 1. The van der Waals surface area contributed by atoms with E-state index in [0.717, 1.165) is 12.1 Å². The summed E-state index contributed by atoms with van der Waals surface area (Å²) >= 11 is 0. The third-order valence-electron chi connectivity index (χ3n) is 2.95. The van der Waals surface area contributed by atoms with Gasteiger partial charge >= 0.3 is 0 Å². The Kier molecular flexibility index (Phi) is 5.30. The van der Waals surface area contributed by atoms with Gasteiger partial charge in [-0.1, -0.05) is 13.8 Å². The molecule has 0 saturated carbocycles. The van der Waals surface area contributed by atoms with Crippen molar-refractivity contribution in [1.29, 1.82) is 0 Å². The van der Waals surface area contributed by atoms with E-state index < -0.39 is 0 Å². The average Bonchev–Trinajstić information content (AvgIpc) is 2.32. The van der Waals surface area contributed by atoms with E-state index in [1.807, 2.05) is 6.92 Å². The van der Waals surface area contributed by atoms with Crippen LogP contribution in [0.3, 0.4) is 0 Å². The van der Waals surface area contributed by atoms with Crippen molar-refractivity contribution in [1.82, 2.24) is 10.3 Å². The Bertz CT molecular complexity index is 424. The van der Waals surface area contributed by atoms with Crippen LogP contribution >= 0.6 is 0 Å². The van der Waals surface area contributed by atoms with Crippen molar-refractivity contribution in [3.8, 4) is 0 Å². The zero-order valence-corrected chi connectivity index (χ0v) is 12.1. The van der Waals surface area contributed by atoms with E-state index in [-0.39, 0.29) is 11.3 Å². The summed E-state index contributed by atoms with van der Waals surface area (Å²) in [7, 11) is 1.68. The first-order valence-corrected chi connectivity index (χ1v) is 6.35. The minimum absolute atomic E-state index is 0.000705. The molecule has 0 aliphatic carbocycles. The SMILES string of the molecule is COCCC(C)(C)CNC(=O)c1cc(C)nc(N)c1. The maximum absolute atomic E-state index is 12.0. The molecule has 3 N–H and O–H groups in total. The Hall–Kier alpha value is -1.62. The average molecular weight is 265 g/mol. The normalized spacial score (nSPS) is 11.4. The summed E-state index contributed by atoms with van der Waals surface area (Å²) in [4.78, 5) is 16.1. The van der Waals surface area contributed by atoms with Crippen LogP contribution in [0, 0.1) is 12.3 Å². The lowest BCUT2D eigenvalue weighted by Gasteiger charge is -2.24. The summed E-state index contributed by atoms with van der Waals surface area (Å²) in [6.45, 7) is 7.28. The minimum atomic E-state index is -0.123. The third kappa shape index (κ3) is 5.26. The molecule has 5 nitrogen and oxygen atoms in total. The predicted molar refractivity (Wildman–Crippen MR) is 76.0 cm³/mol. The number of rotatable bonds is 6. The van der Waals surface area contributed by atoms with E-state index in [1.165, 1.54) is 0 Å². The number of methoxy groups -OCH3 is 1. The van der Waals surface area contributed by atoms with Crippen molar-refractivity contribution in [3.63, 3.8) is 0 Å². The number of carbonyl (C=O) groups excluding carboxylic acids is 1. The molecule has 5 heteroatoms. The molecule has 19 heavy (non-hydrogen) atoms. The molecular formula is C14H23N3O2. The van der Waals surface area contributed by atoms with Gasteiger partial charge in [-0.25, -0.2) is 4.98 Å². The Morgan fingerprint density at radius 2 is 2.16 bits per heavy atom. The standard InChI is InChI=1S/C14H23N3O2/c1-10-7-11(8-12(15)17-10)13(18)16-9-14(2,3)5-6-19-4/h7-8H,5-6,9H2,1-4H3,(H2,15,17)(H,16,18). The number of pyridine rings is 1. The largest absolute Gasteiger partial charge is 0.385 e. The first-order chi connectivity index (χ1) is 8.84. The first kappa shape index (κ1) is 15.4. The summed E-state index contributed by atoms with van der Waals surface area (Å²) in [6, 6.07) is 3.32. The fourth-order valence-electron chi connectivity index (χ4n) is 1.71. The molecule has 0 aromatic carbocycles. The van der Waals surface area contributed by atoms with Crippen LogP contribution in [-0.2, 0) is 4.74 Å². The number of ether oxygens (including phenoxy) is 1. The lowest BCUT2D eigenvalue weighted by atomic mass is 9.89. The van der Waals surface area contributed by atoms with E-state index in [4.69, 9.17) is 10.5 Å². The van der Waals surface area contributed by atoms with Crippen LogP contribution in [0.1, 0.15) is 36.3 Å². The molecule has 0 bridgehead atoms. The Morgan fingerprint density at radius 1 is 1.47 bits per heavy atom. The number of carbonyl (C=O) groups is 1. The summed E-state index contributed by atoms with van der Waals surface area (Å²) in [6.07, 6.45) is 0.890. The molecule has 0 aliphatic heterocycles. The fraction of sp³-hybridized carbons (Fsp3) is 0.571. The Morgan fingerprint density at radius 3 is 2.74 bits per heavy atom. The van der Waals surface area contributed by atoms with Crippen LogP contribution in [0.15, 0.2) is 12.1 Å². The van der Waals surface area contributed by atoms with E-state index in [1.54, 1.807) is 19.2 Å². The maximum atomic E-state index is 12.0. The Balaban J connectivity index is 2.60. The van der Waals surface area contributed by atoms with Crippen molar-refractivity contribution in [2.75, 3.05) is 26.0 Å². The molecule has 0 aliphatic rings. The van der Waals surface area contributed by atoms with E-state index in [2.05, 4.69) is 24.1 Å². The van der Waals surface area contributed by atoms with Gasteiger partial charge in [0.05, 0.1) is 0 Å². The van der Waals surface area contributed by atoms with Gasteiger partial charge in [0.2, 0.25) is 0 Å². The number of aryl methyl sites for hydroxylation is 1. The molecular weight excluding hydrogens is 242 g/mol. The number of nitrogen functional groups attached to an aromatic ring is 1. The van der Waals surface area contributed by atoms with E-state index in [9.17, 15) is 4.79 Å². The zero-order valence-electron chi connectivity index (χ0n) is 12.1. The van der Waals surface area contributed by atoms with Gasteiger partial charge in [-0.2, -0.15) is 0 Å². The lowest BCUT2D eigenvalue weighted by molar-refractivity contribution is 0.0921. The van der Waals surface area contributed by atoms with Gasteiger partial charge in [-0.15, -0.1) is 0 Å². The third-order valence-corrected chi connectivity index (χ3v) is 2.95. The van der Waals surface area contributed by atoms with Crippen LogP contribution in [-0.4, -0.2) is 31.2 Å². The number of hydrogen-bond acceptors (Lipinski definition) is 4. The van der Waals surface area contributed by atoms with Gasteiger partial charge < -0.3 is 15.8 Å². The number of hydrogen-bond donors (Lipinski definition) is 2. The molecule has 0 unspecified atom stereocenters. The molecule has 1 amide bonds. The second-order valence-corrected chi connectivity index (χ2v) is 5.51. The molecule has 0 atom stereocenters. The minimum Gasteiger partial charge on any atom is -0.385 e. The molecule has 0 spiro atoms. The zero-order chi connectivity index (χ0) is 14.5. The van der Waals surface area contributed by atoms with Crippen LogP contribution in [0.4, 0.5) is 5.82 Å². The molecule has 1 rings (SSSR count). The maximum Gasteiger partial charge on any atom is 0.251 e. The lowest BCUT2D eigenvalue weighted by Crippen LogP contribution is -2.34. The van der Waals surface area contributed by atoms with E-state index in [0.29, 0.717) is 24.5 Å². The molecule has 0 radical (unpaired) electrons. The highest BCUT2D eigenvalue weighted by atomic mass is 16.5. The summed E-state index contributed by atoms with van der Waals surface area (Å²) in [5.41, 5.74) is 6.92. The molecule has 1 aromatic heterocycles. The van der Waals surface area contributed by atoms with Gasteiger partial charge in [-0.3, -0.25) is 4.79 Å². The second kappa shape index (κ2) is 6.52. The van der Waals surface area contributed by atoms with Gasteiger partial charge in [-0.05, 0) is 30.9 Å². The molecule has 1 heterocycles. The first-order valence-electron chi connectivity index (χ1n) is 6.35. The highest BCUT2D eigenvalue weighted by molar-refractivity contribution is 5.94. The molecule has 1 aromatic rings. The highest BCUT2D eigenvalue weighted by Crippen LogP contribution is 2.19. The van der Waals surface area contributed by atoms with Crippen LogP contribution in [0.25, 0.3) is 0 Å². The van der Waals surface area contributed by atoms with Crippen molar-refractivity contribution in [2.45, 2.75) is 27.2 Å². The number of amides is 1. The van der Waals surface area contributed by atoms with Crippen molar-refractivity contribution in [2.24, 2.45) is 5.41 Å². The Labute approximate surface area is 114 Å². The highest BCUT2D eigenvalue weighted by Gasteiger charge is 2.19. The summed E-state index contributed by atoms with van der Waals surface area (Å²) < 4.78 is 5.06. The number of nitrogens with zero attached hydrogens (tertiary/aromatic N) is 1. The van der Waals surface area contributed by atoms with Crippen LogP contribution in [0.2, 0.25) is 0 Å². The van der Waals surface area contributed by atoms with Crippen LogP contribution < -0.4 is 11.1 Å². The van der Waals surface area contributed by atoms with Crippen LogP contribution in [0.5, 0.6) is 0 Å². The summed E-state index contributed by atoms with van der Waals surface area (Å²) in [5.74, 6) is 0.242. The molecule has 0 saturated heterocycles. The quantitative estimate of drug-likeness (QED) is 0.821. The van der Waals surface area contributed by atoms with Gasteiger partial charge in [0.15, 0.2) is 0 Å². The van der Waals surface area contributed by atoms with Crippen molar-refractivity contribution in [3.05, 3.63) is 23.4 Å². The van der Waals surface area contributed by atoms with Gasteiger partial charge in [0, 0.05) is 31.5 Å². The van der Waals surface area contributed by atoms with Crippen molar-refractivity contribution < 1.29 is 9.53 Å². The number of anilines is 1. The second-order valence-electron chi connectivity index (χ2n) is 5.51. The van der Waals surface area contributed by atoms with E-state index >= 15 is 0 Å².